The number of benzene rings is 2. The summed E-state index contributed by atoms with van der Waals surface area (Å²) in [6.45, 7) is 10.5. The number of allylic oxidation sites excluding steroid dienone is 3. The molecule has 0 radical (unpaired) electrons. The van der Waals surface area contributed by atoms with Crippen molar-refractivity contribution in [3.8, 4) is 5.75 Å². The number of methoxy groups -OCH3 is 1. The van der Waals surface area contributed by atoms with Crippen LogP contribution in [0, 0.1) is 5.92 Å². The zero-order valence-corrected chi connectivity index (χ0v) is 19.4. The molecule has 5 heteroatoms. The summed E-state index contributed by atoms with van der Waals surface area (Å²) in [5, 5.41) is 10.6. The molecule has 0 amide bonds. The summed E-state index contributed by atoms with van der Waals surface area (Å²) in [5.74, 6) is 1.23. The first kappa shape index (κ1) is 21.2. The molecule has 2 aromatic rings. The molecule has 1 unspecified atom stereocenters. The molecule has 0 spiro atoms. The van der Waals surface area contributed by atoms with Gasteiger partial charge in [-0.25, -0.2) is 0 Å². The largest absolute Gasteiger partial charge is 0.513 e. The number of hydrogen-bond acceptors (Lipinski definition) is 3. The van der Waals surface area contributed by atoms with Crippen LogP contribution < -0.4 is 4.74 Å². The van der Waals surface area contributed by atoms with E-state index in [-0.39, 0.29) is 11.7 Å². The average Bonchev–Trinajstić information content (AvgIpc) is 3.18. The van der Waals surface area contributed by atoms with Gasteiger partial charge in [0.2, 0.25) is 0 Å². The van der Waals surface area contributed by atoms with Crippen LogP contribution in [0.25, 0.3) is 11.1 Å². The number of ether oxygens (including phenoxy) is 1. The number of nitrogens with zero attached hydrogens (tertiary/aromatic N) is 1. The average molecular weight is 487 g/mol. The number of aliphatic hydroxyl groups is 1. The molecule has 1 aliphatic carbocycles. The quantitative estimate of drug-likeness (QED) is 0.480. The van der Waals surface area contributed by atoms with Crippen molar-refractivity contribution >= 4 is 38.7 Å². The molecule has 0 aromatic heterocycles. The first-order valence-electron chi connectivity index (χ1n) is 10.0. The first-order chi connectivity index (χ1) is 14.4. The number of fused-ring (bicyclic) bond motifs is 1. The minimum Gasteiger partial charge on any atom is -0.513 e. The number of likely N-dealkylation sites (tertiary alicyclic amines) is 1. The van der Waals surface area contributed by atoms with Crippen molar-refractivity contribution in [2.24, 2.45) is 5.92 Å². The lowest BCUT2D eigenvalue weighted by Crippen LogP contribution is -2.21. The van der Waals surface area contributed by atoms with E-state index in [0.717, 1.165) is 70.0 Å². The highest BCUT2D eigenvalue weighted by atomic mass is 79.9. The highest BCUT2D eigenvalue weighted by Gasteiger charge is 2.26. The molecule has 156 valence electrons. The van der Waals surface area contributed by atoms with Crippen LogP contribution in [0.3, 0.4) is 0 Å². The number of rotatable bonds is 5. The summed E-state index contributed by atoms with van der Waals surface area (Å²) in [6, 6.07) is 10.2. The highest BCUT2D eigenvalue weighted by Crippen LogP contribution is 2.40. The third-order valence-electron chi connectivity index (χ3n) is 6.04. The molecule has 2 aromatic carbocycles. The zero-order chi connectivity index (χ0) is 21.4. The van der Waals surface area contributed by atoms with Crippen LogP contribution in [0.15, 0.2) is 59.8 Å². The molecule has 1 N–H and O–H groups in total. The lowest BCUT2D eigenvalue weighted by Gasteiger charge is -2.24. The minimum absolute atomic E-state index is 0.148. The van der Waals surface area contributed by atoms with Crippen LogP contribution >= 0.6 is 27.5 Å². The summed E-state index contributed by atoms with van der Waals surface area (Å²) < 4.78 is 6.52. The van der Waals surface area contributed by atoms with Crippen molar-refractivity contribution in [3.05, 3.63) is 87.1 Å². The zero-order valence-electron chi connectivity index (χ0n) is 17.0. The second kappa shape index (κ2) is 8.62. The van der Waals surface area contributed by atoms with Gasteiger partial charge < -0.3 is 9.84 Å². The van der Waals surface area contributed by atoms with Crippen LogP contribution in [-0.2, 0) is 13.0 Å². The van der Waals surface area contributed by atoms with Gasteiger partial charge in [-0.05, 0) is 80.5 Å². The second-order valence-electron chi connectivity index (χ2n) is 7.99. The van der Waals surface area contributed by atoms with Crippen molar-refractivity contribution in [2.75, 3.05) is 20.2 Å². The van der Waals surface area contributed by atoms with Crippen molar-refractivity contribution < 1.29 is 9.84 Å². The highest BCUT2D eigenvalue weighted by molar-refractivity contribution is 9.10. The minimum atomic E-state index is 0.148. The number of aliphatic hydroxyl groups excluding tert-OH is 1. The summed E-state index contributed by atoms with van der Waals surface area (Å²) in [5.41, 5.74) is 6.74. The molecule has 0 saturated carbocycles. The van der Waals surface area contributed by atoms with Gasteiger partial charge in [0, 0.05) is 30.5 Å². The monoisotopic (exact) mass is 485 g/mol. The molecule has 2 aliphatic rings. The fourth-order valence-corrected chi connectivity index (χ4v) is 5.21. The fraction of sp³-hybridized carbons (Fsp3) is 0.280. The van der Waals surface area contributed by atoms with E-state index >= 15 is 0 Å². The van der Waals surface area contributed by atoms with E-state index in [0.29, 0.717) is 0 Å². The molecule has 1 fully saturated rings. The molecule has 3 nitrogen and oxygen atoms in total. The SMILES string of the molecule is C=C1C=C(c2cc(OC)c(Br)cc2CN2CCC(C(=C)O)C2)Cc2c(Cl)cccc21. The Morgan fingerprint density at radius 3 is 2.83 bits per heavy atom. The maximum absolute atomic E-state index is 9.78. The van der Waals surface area contributed by atoms with E-state index in [1.807, 2.05) is 12.1 Å². The predicted molar refractivity (Wildman–Crippen MR) is 128 cm³/mol. The molecule has 1 heterocycles. The molecule has 1 atom stereocenters. The molecular formula is C25H25BrClNO2. The van der Waals surface area contributed by atoms with E-state index in [2.05, 4.69) is 58.3 Å². The third-order valence-corrected chi connectivity index (χ3v) is 7.02. The molecule has 1 aliphatic heterocycles. The Morgan fingerprint density at radius 2 is 2.13 bits per heavy atom. The van der Waals surface area contributed by atoms with Gasteiger partial charge in [0.1, 0.15) is 5.75 Å². The fourth-order valence-electron chi connectivity index (χ4n) is 4.41. The van der Waals surface area contributed by atoms with Gasteiger partial charge in [0.15, 0.2) is 0 Å². The van der Waals surface area contributed by atoms with Crippen LogP contribution in [0.1, 0.15) is 28.7 Å². The van der Waals surface area contributed by atoms with E-state index in [9.17, 15) is 5.11 Å². The van der Waals surface area contributed by atoms with Crippen molar-refractivity contribution in [2.45, 2.75) is 19.4 Å². The van der Waals surface area contributed by atoms with Gasteiger partial charge in [-0.2, -0.15) is 0 Å². The van der Waals surface area contributed by atoms with Crippen molar-refractivity contribution in [1.82, 2.24) is 4.90 Å². The Balaban J connectivity index is 1.71. The second-order valence-corrected chi connectivity index (χ2v) is 9.26. The van der Waals surface area contributed by atoms with E-state index in [1.165, 1.54) is 11.1 Å². The summed E-state index contributed by atoms with van der Waals surface area (Å²) in [7, 11) is 1.68. The topological polar surface area (TPSA) is 32.7 Å². The molecule has 30 heavy (non-hydrogen) atoms. The Hall–Kier alpha value is -2.01. The molecular weight excluding hydrogens is 462 g/mol. The molecule has 1 saturated heterocycles. The van der Waals surface area contributed by atoms with Gasteiger partial charge in [0.25, 0.3) is 0 Å². The van der Waals surface area contributed by atoms with Crippen LogP contribution in [0.5, 0.6) is 5.75 Å². The molecule has 0 bridgehead atoms. The van der Waals surface area contributed by atoms with Gasteiger partial charge in [-0.1, -0.05) is 43.0 Å². The summed E-state index contributed by atoms with van der Waals surface area (Å²) >= 11 is 10.2. The lowest BCUT2D eigenvalue weighted by atomic mass is 9.84. The Morgan fingerprint density at radius 1 is 1.33 bits per heavy atom. The number of hydrogen-bond donors (Lipinski definition) is 1. The van der Waals surface area contributed by atoms with Crippen LogP contribution in [0.4, 0.5) is 0 Å². The van der Waals surface area contributed by atoms with Crippen LogP contribution in [-0.4, -0.2) is 30.2 Å². The third kappa shape index (κ3) is 4.09. The summed E-state index contributed by atoms with van der Waals surface area (Å²) in [6.07, 6.45) is 3.85. The standard InChI is InChI=1S/C25H25BrClNO2/c1-15-9-18(10-22-20(15)5-4-6-24(22)27)21-12-25(30-3)23(26)11-19(21)14-28-8-7-17(13-28)16(2)29/h4-6,9,11-12,17,29H,1-2,7-8,10,13-14H2,3H3. The van der Waals surface area contributed by atoms with Gasteiger partial charge in [0.05, 0.1) is 17.3 Å². The Kier molecular flexibility index (Phi) is 6.10. The maximum Gasteiger partial charge on any atom is 0.133 e. The smallest absolute Gasteiger partial charge is 0.133 e. The van der Waals surface area contributed by atoms with E-state index in [4.69, 9.17) is 16.3 Å². The van der Waals surface area contributed by atoms with E-state index < -0.39 is 0 Å². The Labute approximate surface area is 191 Å². The predicted octanol–water partition coefficient (Wildman–Crippen LogP) is 6.66. The first-order valence-corrected chi connectivity index (χ1v) is 11.2. The van der Waals surface area contributed by atoms with Crippen molar-refractivity contribution in [3.63, 3.8) is 0 Å². The summed E-state index contributed by atoms with van der Waals surface area (Å²) in [4.78, 5) is 2.36. The normalized spacial score (nSPS) is 18.8. The van der Waals surface area contributed by atoms with E-state index in [1.54, 1.807) is 7.11 Å². The maximum atomic E-state index is 9.78. The van der Waals surface area contributed by atoms with Gasteiger partial charge in [-0.15, -0.1) is 0 Å². The number of halogens is 2. The molecule has 4 rings (SSSR count). The Bertz CT molecular complexity index is 1060. The van der Waals surface area contributed by atoms with Gasteiger partial charge in [-0.3, -0.25) is 4.90 Å². The van der Waals surface area contributed by atoms with Crippen LogP contribution in [0.2, 0.25) is 5.02 Å². The lowest BCUT2D eigenvalue weighted by molar-refractivity contribution is 0.292. The van der Waals surface area contributed by atoms with Gasteiger partial charge >= 0.3 is 0 Å². The van der Waals surface area contributed by atoms with Crippen molar-refractivity contribution in [1.29, 1.82) is 0 Å².